The van der Waals surface area contributed by atoms with Crippen molar-refractivity contribution < 1.29 is 33.4 Å². The first-order valence-corrected chi connectivity index (χ1v) is 9.95. The molecular formula is C21H24N2O7. The van der Waals surface area contributed by atoms with E-state index in [0.717, 1.165) is 24.2 Å². The van der Waals surface area contributed by atoms with Crippen LogP contribution in [0.2, 0.25) is 0 Å². The third-order valence-corrected chi connectivity index (χ3v) is 6.35. The van der Waals surface area contributed by atoms with Crippen molar-refractivity contribution in [3.8, 4) is 11.5 Å². The van der Waals surface area contributed by atoms with Crippen molar-refractivity contribution in [3.63, 3.8) is 0 Å². The van der Waals surface area contributed by atoms with Gasteiger partial charge in [-0.05, 0) is 43.2 Å². The van der Waals surface area contributed by atoms with Crippen LogP contribution in [-0.2, 0) is 23.9 Å². The summed E-state index contributed by atoms with van der Waals surface area (Å²) in [6.07, 6.45) is 2.87. The van der Waals surface area contributed by atoms with Crippen LogP contribution in [0.1, 0.15) is 19.3 Å². The standard InChI is InChI=1S/C21H24N2O7/c1-28-13-5-6-14(15(8-13)29-2)22-16(24)10-30-17(25)9-23-20(26)18-11-3-4-12(7-11)19(18)21(23)27/h5-6,8,11-12,18-19H,3-4,7,9-10H2,1-2H3,(H,22,24)/t11-,12-,18-,19+/m0/s1. The summed E-state index contributed by atoms with van der Waals surface area (Å²) in [6, 6.07) is 4.86. The van der Waals surface area contributed by atoms with Gasteiger partial charge in [0.2, 0.25) is 11.8 Å². The van der Waals surface area contributed by atoms with Crippen molar-refractivity contribution in [1.29, 1.82) is 0 Å². The highest BCUT2D eigenvalue weighted by Gasteiger charge is 2.61. The van der Waals surface area contributed by atoms with E-state index in [2.05, 4.69) is 5.32 Å². The van der Waals surface area contributed by atoms with Crippen LogP contribution in [0.4, 0.5) is 5.69 Å². The molecule has 3 aliphatic rings. The minimum atomic E-state index is -0.791. The van der Waals surface area contributed by atoms with Gasteiger partial charge in [-0.15, -0.1) is 0 Å². The molecule has 1 aromatic carbocycles. The summed E-state index contributed by atoms with van der Waals surface area (Å²) < 4.78 is 15.3. The van der Waals surface area contributed by atoms with Crippen LogP contribution in [0.5, 0.6) is 11.5 Å². The molecule has 0 aromatic heterocycles. The van der Waals surface area contributed by atoms with Gasteiger partial charge in [-0.2, -0.15) is 0 Å². The summed E-state index contributed by atoms with van der Waals surface area (Å²) in [4.78, 5) is 50.5. The van der Waals surface area contributed by atoms with E-state index in [1.54, 1.807) is 18.2 Å². The Morgan fingerprint density at radius 2 is 1.73 bits per heavy atom. The van der Waals surface area contributed by atoms with Gasteiger partial charge in [0.15, 0.2) is 6.61 Å². The first kappa shape index (κ1) is 20.2. The fourth-order valence-electron chi connectivity index (χ4n) is 5.04. The molecule has 1 N–H and O–H groups in total. The maximum atomic E-state index is 12.6. The molecule has 4 rings (SSSR count). The Balaban J connectivity index is 1.30. The molecule has 9 nitrogen and oxygen atoms in total. The monoisotopic (exact) mass is 416 g/mol. The topological polar surface area (TPSA) is 111 Å². The van der Waals surface area contributed by atoms with Crippen molar-refractivity contribution in [2.75, 3.05) is 32.7 Å². The van der Waals surface area contributed by atoms with Crippen molar-refractivity contribution in [1.82, 2.24) is 4.90 Å². The smallest absolute Gasteiger partial charge is 0.326 e. The predicted molar refractivity (Wildman–Crippen MR) is 104 cm³/mol. The largest absolute Gasteiger partial charge is 0.497 e. The fourth-order valence-corrected chi connectivity index (χ4v) is 5.04. The minimum Gasteiger partial charge on any atom is -0.497 e. The lowest BCUT2D eigenvalue weighted by atomic mass is 9.81. The number of carbonyl (C=O) groups is 4. The zero-order chi connectivity index (χ0) is 21.4. The van der Waals surface area contributed by atoms with E-state index in [0.29, 0.717) is 17.2 Å². The van der Waals surface area contributed by atoms with E-state index >= 15 is 0 Å². The number of imide groups is 1. The molecule has 0 radical (unpaired) electrons. The molecule has 2 saturated carbocycles. The number of ether oxygens (including phenoxy) is 3. The average Bonchev–Trinajstić information content (AvgIpc) is 3.42. The molecule has 0 unspecified atom stereocenters. The summed E-state index contributed by atoms with van der Waals surface area (Å²) in [6.45, 7) is -0.994. The van der Waals surface area contributed by atoms with Crippen LogP contribution in [0.15, 0.2) is 18.2 Å². The summed E-state index contributed by atoms with van der Waals surface area (Å²) in [5.74, 6) is -1.02. The number of esters is 1. The second-order valence-electron chi connectivity index (χ2n) is 7.92. The molecule has 30 heavy (non-hydrogen) atoms. The first-order chi connectivity index (χ1) is 14.4. The number of likely N-dealkylation sites (tertiary alicyclic amines) is 1. The van der Waals surface area contributed by atoms with Crippen molar-refractivity contribution in [3.05, 3.63) is 18.2 Å². The number of nitrogens with zero attached hydrogens (tertiary/aromatic N) is 1. The van der Waals surface area contributed by atoms with E-state index in [9.17, 15) is 19.2 Å². The molecule has 1 aliphatic heterocycles. The lowest BCUT2D eigenvalue weighted by Gasteiger charge is -2.19. The number of hydrogen-bond acceptors (Lipinski definition) is 7. The number of methoxy groups -OCH3 is 2. The highest BCUT2D eigenvalue weighted by atomic mass is 16.5. The number of benzene rings is 1. The molecule has 3 amide bonds. The Morgan fingerprint density at radius 1 is 1.07 bits per heavy atom. The SMILES string of the molecule is COc1ccc(NC(=O)COC(=O)CN2C(=O)[C@@H]3[C@H]4CC[C@@H](C4)[C@@H]3C2=O)c(OC)c1. The first-order valence-electron chi connectivity index (χ1n) is 9.95. The van der Waals surface area contributed by atoms with Gasteiger partial charge in [-0.25, -0.2) is 0 Å². The maximum absolute atomic E-state index is 12.6. The van der Waals surface area contributed by atoms with Crippen LogP contribution >= 0.6 is 0 Å². The molecule has 9 heteroatoms. The van der Waals surface area contributed by atoms with Crippen molar-refractivity contribution in [2.45, 2.75) is 19.3 Å². The summed E-state index contributed by atoms with van der Waals surface area (Å²) in [5, 5.41) is 2.59. The molecule has 4 atom stereocenters. The quantitative estimate of drug-likeness (QED) is 0.525. The van der Waals surface area contributed by atoms with E-state index < -0.39 is 25.0 Å². The molecular weight excluding hydrogens is 392 g/mol. The highest BCUT2D eigenvalue weighted by molar-refractivity contribution is 6.08. The molecule has 1 aromatic rings. The Kier molecular flexibility index (Phi) is 5.36. The van der Waals surface area contributed by atoms with Gasteiger partial charge >= 0.3 is 5.97 Å². The average molecular weight is 416 g/mol. The lowest BCUT2D eigenvalue weighted by Crippen LogP contribution is -2.38. The number of nitrogens with one attached hydrogen (secondary N) is 1. The maximum Gasteiger partial charge on any atom is 0.326 e. The Morgan fingerprint density at radius 3 is 2.33 bits per heavy atom. The Labute approximate surface area is 173 Å². The van der Waals surface area contributed by atoms with Gasteiger partial charge in [-0.3, -0.25) is 24.1 Å². The number of amides is 3. The number of fused-ring (bicyclic) bond motifs is 5. The molecule has 0 spiro atoms. The van der Waals surface area contributed by atoms with Crippen molar-refractivity contribution in [2.24, 2.45) is 23.7 Å². The van der Waals surface area contributed by atoms with Gasteiger partial charge < -0.3 is 19.5 Å². The number of rotatable bonds is 7. The van der Waals surface area contributed by atoms with Gasteiger partial charge in [0.05, 0.1) is 31.7 Å². The summed E-state index contributed by atoms with van der Waals surface area (Å²) in [7, 11) is 2.97. The number of hydrogen-bond donors (Lipinski definition) is 1. The van der Waals surface area contributed by atoms with Gasteiger partial charge in [0.1, 0.15) is 18.0 Å². The summed E-state index contributed by atoms with van der Waals surface area (Å²) >= 11 is 0. The second kappa shape index (κ2) is 7.97. The molecule has 3 fully saturated rings. The summed E-state index contributed by atoms with van der Waals surface area (Å²) in [5.41, 5.74) is 0.396. The van der Waals surface area contributed by atoms with Crippen LogP contribution in [0.25, 0.3) is 0 Å². The fraction of sp³-hybridized carbons (Fsp3) is 0.524. The van der Waals surface area contributed by atoms with E-state index in [-0.39, 0.29) is 35.5 Å². The van der Waals surface area contributed by atoms with Crippen LogP contribution < -0.4 is 14.8 Å². The zero-order valence-corrected chi connectivity index (χ0v) is 16.9. The molecule has 160 valence electrons. The molecule has 1 saturated heterocycles. The molecule has 2 bridgehead atoms. The van der Waals surface area contributed by atoms with Crippen LogP contribution in [-0.4, -0.2) is 56.0 Å². The highest BCUT2D eigenvalue weighted by Crippen LogP contribution is 2.56. The van der Waals surface area contributed by atoms with Crippen LogP contribution in [0, 0.1) is 23.7 Å². The van der Waals surface area contributed by atoms with E-state index in [1.807, 2.05) is 0 Å². The Hall–Kier alpha value is -3.10. The van der Waals surface area contributed by atoms with Gasteiger partial charge in [0, 0.05) is 6.07 Å². The predicted octanol–water partition coefficient (Wildman–Crippen LogP) is 1.22. The minimum absolute atomic E-state index is 0.253. The number of carbonyl (C=O) groups excluding carboxylic acids is 4. The third-order valence-electron chi connectivity index (χ3n) is 6.35. The number of anilines is 1. The lowest BCUT2D eigenvalue weighted by molar-refractivity contribution is -0.154. The zero-order valence-electron chi connectivity index (χ0n) is 16.9. The Bertz CT molecular complexity index is 871. The van der Waals surface area contributed by atoms with Gasteiger partial charge in [0.25, 0.3) is 5.91 Å². The van der Waals surface area contributed by atoms with Crippen molar-refractivity contribution >= 4 is 29.4 Å². The molecule has 2 aliphatic carbocycles. The van der Waals surface area contributed by atoms with Gasteiger partial charge in [-0.1, -0.05) is 0 Å². The third kappa shape index (κ3) is 3.48. The second-order valence-corrected chi connectivity index (χ2v) is 7.92. The molecule has 1 heterocycles. The van der Waals surface area contributed by atoms with E-state index in [1.165, 1.54) is 14.2 Å². The normalized spacial score (nSPS) is 26.5. The van der Waals surface area contributed by atoms with E-state index in [4.69, 9.17) is 14.2 Å². The van der Waals surface area contributed by atoms with Crippen LogP contribution in [0.3, 0.4) is 0 Å².